The number of ether oxygens (including phenoxy) is 1. The van der Waals surface area contributed by atoms with Crippen molar-refractivity contribution in [2.75, 3.05) is 6.54 Å². The Labute approximate surface area is 124 Å². The SMILES string of the molecule is CCNCc1ccc(Cl)cc1Oc1cnn(C(C)C)c1. The van der Waals surface area contributed by atoms with Gasteiger partial charge in [-0.05, 0) is 32.5 Å². The molecular formula is C15H20ClN3O. The predicted octanol–water partition coefficient (Wildman–Crippen LogP) is 4.02. The fourth-order valence-electron chi connectivity index (χ4n) is 1.81. The molecule has 0 amide bonds. The molecule has 2 rings (SSSR count). The van der Waals surface area contributed by atoms with Gasteiger partial charge in [0.2, 0.25) is 0 Å². The first-order valence-corrected chi connectivity index (χ1v) is 7.19. The van der Waals surface area contributed by atoms with E-state index in [0.29, 0.717) is 11.1 Å². The zero-order valence-electron chi connectivity index (χ0n) is 12.1. The highest BCUT2D eigenvalue weighted by atomic mass is 35.5. The molecule has 0 fully saturated rings. The number of rotatable bonds is 6. The third kappa shape index (κ3) is 3.74. The van der Waals surface area contributed by atoms with Gasteiger partial charge in [-0.2, -0.15) is 5.10 Å². The standard InChI is InChI=1S/C15H20ClN3O/c1-4-17-8-12-5-6-13(16)7-15(12)20-14-9-18-19(10-14)11(2)3/h5-7,9-11,17H,4,8H2,1-3H3. The molecule has 5 heteroatoms. The van der Waals surface area contributed by atoms with Crippen molar-refractivity contribution in [3.05, 3.63) is 41.2 Å². The highest BCUT2D eigenvalue weighted by molar-refractivity contribution is 6.30. The summed E-state index contributed by atoms with van der Waals surface area (Å²) in [5.74, 6) is 1.49. The molecular weight excluding hydrogens is 274 g/mol. The molecule has 0 spiro atoms. The third-order valence-electron chi connectivity index (χ3n) is 2.93. The summed E-state index contributed by atoms with van der Waals surface area (Å²) < 4.78 is 7.78. The average molecular weight is 294 g/mol. The van der Waals surface area contributed by atoms with Crippen LogP contribution in [0.2, 0.25) is 5.02 Å². The highest BCUT2D eigenvalue weighted by Crippen LogP contribution is 2.28. The van der Waals surface area contributed by atoms with Gasteiger partial charge in [0.1, 0.15) is 5.75 Å². The van der Waals surface area contributed by atoms with Gasteiger partial charge in [0.25, 0.3) is 0 Å². The lowest BCUT2D eigenvalue weighted by atomic mass is 10.2. The van der Waals surface area contributed by atoms with Crippen molar-refractivity contribution >= 4 is 11.6 Å². The molecule has 108 valence electrons. The molecule has 1 aromatic carbocycles. The summed E-state index contributed by atoms with van der Waals surface area (Å²) in [5.41, 5.74) is 1.08. The lowest BCUT2D eigenvalue weighted by Crippen LogP contribution is -2.12. The Hall–Kier alpha value is -1.52. The molecule has 0 atom stereocenters. The van der Waals surface area contributed by atoms with Crippen LogP contribution in [0.1, 0.15) is 32.4 Å². The Morgan fingerprint density at radius 3 is 2.85 bits per heavy atom. The van der Waals surface area contributed by atoms with Crippen LogP contribution in [-0.4, -0.2) is 16.3 Å². The van der Waals surface area contributed by atoms with E-state index in [-0.39, 0.29) is 0 Å². The Bertz CT molecular complexity index is 566. The maximum absolute atomic E-state index is 6.05. The number of nitrogens with one attached hydrogen (secondary N) is 1. The number of nitrogens with zero attached hydrogens (tertiary/aromatic N) is 2. The molecule has 0 saturated heterocycles. The van der Waals surface area contributed by atoms with Crippen LogP contribution in [0.25, 0.3) is 0 Å². The van der Waals surface area contributed by atoms with Crippen LogP contribution >= 0.6 is 11.6 Å². The first kappa shape index (κ1) is 14.9. The minimum Gasteiger partial charge on any atom is -0.454 e. The minimum absolute atomic E-state index is 0.313. The van der Waals surface area contributed by atoms with E-state index in [2.05, 4.69) is 31.2 Å². The smallest absolute Gasteiger partial charge is 0.165 e. The number of aromatic nitrogens is 2. The van der Waals surface area contributed by atoms with Crippen molar-refractivity contribution < 1.29 is 4.74 Å². The molecule has 0 saturated carbocycles. The molecule has 0 bridgehead atoms. The lowest BCUT2D eigenvalue weighted by molar-refractivity contribution is 0.469. The normalized spacial score (nSPS) is 11.1. The minimum atomic E-state index is 0.313. The molecule has 20 heavy (non-hydrogen) atoms. The van der Waals surface area contributed by atoms with Gasteiger partial charge in [-0.15, -0.1) is 0 Å². The summed E-state index contributed by atoms with van der Waals surface area (Å²) in [6.45, 7) is 7.89. The predicted molar refractivity (Wildman–Crippen MR) is 81.5 cm³/mol. The summed E-state index contributed by atoms with van der Waals surface area (Å²) in [7, 11) is 0. The van der Waals surface area contributed by atoms with Crippen LogP contribution in [0.4, 0.5) is 0 Å². The second-order valence-corrected chi connectivity index (χ2v) is 5.32. The summed E-state index contributed by atoms with van der Waals surface area (Å²) >= 11 is 6.05. The van der Waals surface area contributed by atoms with Gasteiger partial charge in [-0.1, -0.05) is 24.6 Å². The Balaban J connectivity index is 2.19. The van der Waals surface area contributed by atoms with E-state index in [1.54, 1.807) is 6.20 Å². The second kappa shape index (κ2) is 6.77. The molecule has 0 aliphatic carbocycles. The molecule has 0 aliphatic heterocycles. The van der Waals surface area contributed by atoms with Gasteiger partial charge in [0, 0.05) is 23.2 Å². The maximum atomic E-state index is 6.05. The van der Waals surface area contributed by atoms with E-state index in [9.17, 15) is 0 Å². The van der Waals surface area contributed by atoms with E-state index in [0.717, 1.165) is 30.2 Å². The van der Waals surface area contributed by atoms with Gasteiger partial charge in [0.15, 0.2) is 5.75 Å². The fraction of sp³-hybridized carbons (Fsp3) is 0.400. The maximum Gasteiger partial charge on any atom is 0.165 e. The molecule has 0 radical (unpaired) electrons. The second-order valence-electron chi connectivity index (χ2n) is 4.88. The molecule has 0 unspecified atom stereocenters. The Morgan fingerprint density at radius 1 is 1.40 bits per heavy atom. The van der Waals surface area contributed by atoms with Crippen molar-refractivity contribution in [2.24, 2.45) is 0 Å². The van der Waals surface area contributed by atoms with Crippen LogP contribution in [0.15, 0.2) is 30.6 Å². The summed E-state index contributed by atoms with van der Waals surface area (Å²) in [4.78, 5) is 0. The van der Waals surface area contributed by atoms with Gasteiger partial charge < -0.3 is 10.1 Å². The van der Waals surface area contributed by atoms with Gasteiger partial charge in [-0.25, -0.2) is 0 Å². The topological polar surface area (TPSA) is 39.1 Å². The summed E-state index contributed by atoms with van der Waals surface area (Å²) in [5, 5.41) is 8.22. The van der Waals surface area contributed by atoms with Crippen LogP contribution < -0.4 is 10.1 Å². The van der Waals surface area contributed by atoms with Gasteiger partial charge >= 0.3 is 0 Å². The summed E-state index contributed by atoms with van der Waals surface area (Å²) in [6.07, 6.45) is 3.61. The lowest BCUT2D eigenvalue weighted by Gasteiger charge is -2.11. The number of hydrogen-bond donors (Lipinski definition) is 1. The largest absolute Gasteiger partial charge is 0.454 e. The Kier molecular flexibility index (Phi) is 5.04. The molecule has 1 N–H and O–H groups in total. The van der Waals surface area contributed by atoms with E-state index >= 15 is 0 Å². The first-order valence-electron chi connectivity index (χ1n) is 6.81. The van der Waals surface area contributed by atoms with Gasteiger partial charge in [0.05, 0.1) is 12.4 Å². The van der Waals surface area contributed by atoms with E-state index in [1.165, 1.54) is 0 Å². The van der Waals surface area contributed by atoms with Crippen molar-refractivity contribution in [1.82, 2.24) is 15.1 Å². The fourth-order valence-corrected chi connectivity index (χ4v) is 1.97. The number of benzene rings is 1. The number of halogens is 1. The van der Waals surface area contributed by atoms with Crippen LogP contribution in [-0.2, 0) is 6.54 Å². The van der Waals surface area contributed by atoms with Crippen molar-refractivity contribution in [3.8, 4) is 11.5 Å². The van der Waals surface area contributed by atoms with E-state index in [1.807, 2.05) is 29.1 Å². The van der Waals surface area contributed by atoms with Crippen LogP contribution in [0.5, 0.6) is 11.5 Å². The Morgan fingerprint density at radius 2 is 2.20 bits per heavy atom. The van der Waals surface area contributed by atoms with Crippen molar-refractivity contribution in [3.63, 3.8) is 0 Å². The van der Waals surface area contributed by atoms with Crippen molar-refractivity contribution in [1.29, 1.82) is 0 Å². The third-order valence-corrected chi connectivity index (χ3v) is 3.16. The summed E-state index contributed by atoms with van der Waals surface area (Å²) in [6, 6.07) is 6.00. The van der Waals surface area contributed by atoms with E-state index < -0.39 is 0 Å². The zero-order chi connectivity index (χ0) is 14.5. The first-order chi connectivity index (χ1) is 9.60. The molecule has 4 nitrogen and oxygen atoms in total. The van der Waals surface area contributed by atoms with E-state index in [4.69, 9.17) is 16.3 Å². The quantitative estimate of drug-likeness (QED) is 0.874. The molecule has 0 aliphatic rings. The molecule has 2 aromatic rings. The monoisotopic (exact) mass is 293 g/mol. The molecule has 1 aromatic heterocycles. The van der Waals surface area contributed by atoms with Crippen LogP contribution in [0, 0.1) is 0 Å². The van der Waals surface area contributed by atoms with Gasteiger partial charge in [-0.3, -0.25) is 4.68 Å². The molecule has 1 heterocycles. The van der Waals surface area contributed by atoms with Crippen LogP contribution in [0.3, 0.4) is 0 Å². The van der Waals surface area contributed by atoms with Crippen molar-refractivity contribution in [2.45, 2.75) is 33.4 Å². The number of hydrogen-bond acceptors (Lipinski definition) is 3. The average Bonchev–Trinajstić information content (AvgIpc) is 2.87. The highest BCUT2D eigenvalue weighted by Gasteiger charge is 2.08. The zero-order valence-corrected chi connectivity index (χ0v) is 12.8.